The minimum absolute atomic E-state index is 0. The van der Waals surface area contributed by atoms with Crippen LogP contribution in [0.5, 0.6) is 0 Å². The van der Waals surface area contributed by atoms with Gasteiger partial charge < -0.3 is 20.3 Å². The molecule has 2 aliphatic heterocycles. The second kappa shape index (κ2) is 10.3. The Bertz CT molecular complexity index is 629. The van der Waals surface area contributed by atoms with Crippen molar-refractivity contribution in [2.75, 3.05) is 39.4 Å². The van der Waals surface area contributed by atoms with E-state index in [-0.39, 0.29) is 29.5 Å². The molecule has 0 bridgehead atoms. The number of aliphatic imine (C=N–C) groups is 1. The molecule has 2 N–H and O–H groups in total. The number of benzene rings is 1. The van der Waals surface area contributed by atoms with Gasteiger partial charge in [0.25, 0.3) is 0 Å². The van der Waals surface area contributed by atoms with E-state index in [2.05, 4.69) is 73.6 Å². The van der Waals surface area contributed by atoms with E-state index in [1.165, 1.54) is 18.4 Å². The fourth-order valence-electron chi connectivity index (χ4n) is 4.24. The molecular weight excluding hydrogens is 463 g/mol. The molecule has 2 heterocycles. The van der Waals surface area contributed by atoms with Crippen molar-refractivity contribution in [3.05, 3.63) is 35.9 Å². The third-order valence-corrected chi connectivity index (χ3v) is 5.79. The summed E-state index contributed by atoms with van der Waals surface area (Å²) in [6.07, 6.45) is 2.40. The molecule has 158 valence electrons. The van der Waals surface area contributed by atoms with Gasteiger partial charge >= 0.3 is 0 Å². The Balaban J connectivity index is 0.00000280. The van der Waals surface area contributed by atoms with E-state index >= 15 is 0 Å². The van der Waals surface area contributed by atoms with Crippen LogP contribution in [0.15, 0.2) is 35.3 Å². The Morgan fingerprint density at radius 2 is 2.04 bits per heavy atom. The Morgan fingerprint density at radius 1 is 1.29 bits per heavy atom. The van der Waals surface area contributed by atoms with Gasteiger partial charge in [0.05, 0.1) is 13.2 Å². The standard InChI is InChI=1S/C22H36N4O.HI/c1-5-23-20(26-13-11-22(16-26)12-14-27-17-22)24-15-21(3,4)25-18(2)19-9-7-6-8-10-19;/h6-10,18,25H,5,11-17H2,1-4H3,(H,23,24);1H. The SMILES string of the molecule is CCNC(=NCC(C)(C)NC(C)c1ccccc1)N1CCC2(CCOC2)C1.I. The molecule has 0 aliphatic carbocycles. The van der Waals surface area contributed by atoms with Crippen LogP contribution in [0.25, 0.3) is 0 Å². The van der Waals surface area contributed by atoms with Crippen LogP contribution >= 0.6 is 24.0 Å². The van der Waals surface area contributed by atoms with Gasteiger partial charge in [-0.15, -0.1) is 24.0 Å². The van der Waals surface area contributed by atoms with Crippen molar-refractivity contribution in [3.63, 3.8) is 0 Å². The molecule has 2 atom stereocenters. The highest BCUT2D eigenvalue weighted by molar-refractivity contribution is 14.0. The highest BCUT2D eigenvalue weighted by Gasteiger charge is 2.42. The van der Waals surface area contributed by atoms with Crippen molar-refractivity contribution in [2.45, 2.75) is 52.1 Å². The molecule has 2 unspecified atom stereocenters. The van der Waals surface area contributed by atoms with E-state index < -0.39 is 0 Å². The summed E-state index contributed by atoms with van der Waals surface area (Å²) in [4.78, 5) is 7.42. The largest absolute Gasteiger partial charge is 0.381 e. The second-order valence-corrected chi connectivity index (χ2v) is 8.80. The summed E-state index contributed by atoms with van der Waals surface area (Å²) >= 11 is 0. The molecule has 28 heavy (non-hydrogen) atoms. The maximum atomic E-state index is 5.67. The molecular formula is C22H37IN4O. The number of likely N-dealkylation sites (tertiary alicyclic amines) is 1. The molecule has 2 saturated heterocycles. The average Bonchev–Trinajstić information content (AvgIpc) is 3.29. The molecule has 1 aromatic carbocycles. The third-order valence-electron chi connectivity index (χ3n) is 5.79. The number of hydrogen-bond acceptors (Lipinski definition) is 3. The Kier molecular flexibility index (Phi) is 8.58. The maximum Gasteiger partial charge on any atom is 0.194 e. The van der Waals surface area contributed by atoms with Gasteiger partial charge in [0.2, 0.25) is 0 Å². The lowest BCUT2D eigenvalue weighted by Crippen LogP contribution is -2.46. The zero-order valence-electron chi connectivity index (χ0n) is 17.8. The van der Waals surface area contributed by atoms with E-state index in [4.69, 9.17) is 9.73 Å². The van der Waals surface area contributed by atoms with Crippen molar-refractivity contribution in [2.24, 2.45) is 10.4 Å². The van der Waals surface area contributed by atoms with E-state index in [0.717, 1.165) is 45.4 Å². The van der Waals surface area contributed by atoms with E-state index in [1.54, 1.807) is 0 Å². The van der Waals surface area contributed by atoms with Crippen molar-refractivity contribution in [1.29, 1.82) is 0 Å². The molecule has 0 aromatic heterocycles. The van der Waals surface area contributed by atoms with Gasteiger partial charge in [-0.25, -0.2) is 0 Å². The summed E-state index contributed by atoms with van der Waals surface area (Å²) in [5.74, 6) is 1.04. The predicted octanol–water partition coefficient (Wildman–Crippen LogP) is 3.81. The van der Waals surface area contributed by atoms with Gasteiger partial charge in [-0.2, -0.15) is 0 Å². The van der Waals surface area contributed by atoms with Crippen LogP contribution in [-0.2, 0) is 4.74 Å². The van der Waals surface area contributed by atoms with Crippen LogP contribution in [0.1, 0.15) is 52.1 Å². The van der Waals surface area contributed by atoms with E-state index in [9.17, 15) is 0 Å². The first-order valence-electron chi connectivity index (χ1n) is 10.4. The van der Waals surface area contributed by atoms with Crippen molar-refractivity contribution in [3.8, 4) is 0 Å². The van der Waals surface area contributed by atoms with Gasteiger partial charge in [0.15, 0.2) is 5.96 Å². The highest BCUT2D eigenvalue weighted by Crippen LogP contribution is 2.38. The fourth-order valence-corrected chi connectivity index (χ4v) is 4.24. The minimum Gasteiger partial charge on any atom is -0.381 e. The molecule has 2 aliphatic rings. The summed E-state index contributed by atoms with van der Waals surface area (Å²) in [5.41, 5.74) is 1.58. The monoisotopic (exact) mass is 500 g/mol. The molecule has 6 heteroatoms. The molecule has 0 amide bonds. The summed E-state index contributed by atoms with van der Waals surface area (Å²) < 4.78 is 5.67. The van der Waals surface area contributed by atoms with Crippen molar-refractivity contribution < 1.29 is 4.74 Å². The zero-order valence-corrected chi connectivity index (χ0v) is 20.2. The lowest BCUT2D eigenvalue weighted by molar-refractivity contribution is 0.156. The Morgan fingerprint density at radius 3 is 2.68 bits per heavy atom. The quantitative estimate of drug-likeness (QED) is 0.355. The fraction of sp³-hybridized carbons (Fsp3) is 0.682. The van der Waals surface area contributed by atoms with Crippen LogP contribution in [0.2, 0.25) is 0 Å². The normalized spacial score (nSPS) is 23.7. The predicted molar refractivity (Wildman–Crippen MR) is 128 cm³/mol. The number of nitrogens with one attached hydrogen (secondary N) is 2. The molecule has 2 fully saturated rings. The van der Waals surface area contributed by atoms with Gasteiger partial charge in [-0.3, -0.25) is 4.99 Å². The van der Waals surface area contributed by atoms with Crippen LogP contribution in [0, 0.1) is 5.41 Å². The molecule has 0 saturated carbocycles. The summed E-state index contributed by atoms with van der Waals surface area (Å²) in [6, 6.07) is 10.9. The number of hydrogen-bond donors (Lipinski definition) is 2. The minimum atomic E-state index is -0.0796. The third kappa shape index (κ3) is 6.07. The molecule has 3 rings (SSSR count). The van der Waals surface area contributed by atoms with Crippen molar-refractivity contribution >= 4 is 29.9 Å². The topological polar surface area (TPSA) is 48.9 Å². The van der Waals surface area contributed by atoms with Crippen LogP contribution < -0.4 is 10.6 Å². The van der Waals surface area contributed by atoms with Gasteiger partial charge in [-0.1, -0.05) is 30.3 Å². The van der Waals surface area contributed by atoms with Crippen LogP contribution in [0.4, 0.5) is 0 Å². The smallest absolute Gasteiger partial charge is 0.194 e. The summed E-state index contributed by atoms with van der Waals surface area (Å²) in [5, 5.41) is 7.23. The lowest BCUT2D eigenvalue weighted by atomic mass is 9.87. The number of rotatable bonds is 6. The molecule has 5 nitrogen and oxygen atoms in total. The first-order chi connectivity index (χ1) is 12.9. The van der Waals surface area contributed by atoms with E-state index in [1.807, 2.05) is 0 Å². The zero-order chi connectivity index (χ0) is 19.3. The first kappa shape index (κ1) is 23.4. The number of halogens is 1. The van der Waals surface area contributed by atoms with Gasteiger partial charge in [0, 0.05) is 43.2 Å². The number of nitrogens with zero attached hydrogens (tertiary/aromatic N) is 2. The van der Waals surface area contributed by atoms with E-state index in [0.29, 0.717) is 11.5 Å². The second-order valence-electron chi connectivity index (χ2n) is 8.80. The molecule has 1 spiro atoms. The van der Waals surface area contributed by atoms with Gasteiger partial charge in [-0.05, 0) is 46.1 Å². The van der Waals surface area contributed by atoms with Crippen molar-refractivity contribution in [1.82, 2.24) is 15.5 Å². The molecule has 1 aromatic rings. The van der Waals surface area contributed by atoms with Gasteiger partial charge in [0.1, 0.15) is 0 Å². The van der Waals surface area contributed by atoms with Crippen LogP contribution in [-0.4, -0.2) is 55.8 Å². The number of ether oxygens (including phenoxy) is 1. The first-order valence-corrected chi connectivity index (χ1v) is 10.4. The average molecular weight is 500 g/mol. The van der Waals surface area contributed by atoms with Crippen LogP contribution in [0.3, 0.4) is 0 Å². The summed E-state index contributed by atoms with van der Waals surface area (Å²) in [6.45, 7) is 14.4. The Labute approximate surface area is 187 Å². The Hall–Kier alpha value is -0.860. The number of guanidine groups is 1. The highest BCUT2D eigenvalue weighted by atomic mass is 127. The lowest BCUT2D eigenvalue weighted by Gasteiger charge is -2.30. The maximum absolute atomic E-state index is 5.67. The summed E-state index contributed by atoms with van der Waals surface area (Å²) in [7, 11) is 0. The molecule has 0 radical (unpaired) electrons.